The van der Waals surface area contributed by atoms with Gasteiger partial charge in [0.05, 0.1) is 12.7 Å². The van der Waals surface area contributed by atoms with E-state index in [-0.39, 0.29) is 5.56 Å². The third-order valence-corrected chi connectivity index (χ3v) is 2.86. The minimum absolute atomic E-state index is 0.0374. The minimum atomic E-state index is -0.0374. The Bertz CT molecular complexity index is 608. The second kappa shape index (κ2) is 4.13. The van der Waals surface area contributed by atoms with Crippen LogP contribution in [-0.4, -0.2) is 16.9 Å². The normalized spacial score (nSPS) is 10.6. The Kier molecular flexibility index (Phi) is 2.79. The predicted molar refractivity (Wildman–Crippen MR) is 67.5 cm³/mol. The molecule has 17 heavy (non-hydrogen) atoms. The molecule has 0 fully saturated rings. The third-order valence-electron chi connectivity index (χ3n) is 2.86. The quantitative estimate of drug-likeness (QED) is 0.861. The fraction of sp³-hybridized carbons (Fsp3) is 0.308. The highest BCUT2D eigenvalue weighted by Crippen LogP contribution is 2.30. The third kappa shape index (κ3) is 1.86. The maximum Gasteiger partial charge on any atom is 0.274 e. The molecule has 1 N–H and O–H groups in total. The van der Waals surface area contributed by atoms with Crippen molar-refractivity contribution in [3.63, 3.8) is 0 Å². The Morgan fingerprint density at radius 1 is 1.29 bits per heavy atom. The van der Waals surface area contributed by atoms with Crippen molar-refractivity contribution in [2.24, 2.45) is 7.05 Å². The van der Waals surface area contributed by atoms with Crippen LogP contribution >= 0.6 is 0 Å². The molecular weight excluding hydrogens is 216 g/mol. The molecule has 0 spiro atoms. The van der Waals surface area contributed by atoms with E-state index in [1.165, 1.54) is 4.68 Å². The number of methoxy groups -OCH3 is 1. The van der Waals surface area contributed by atoms with Gasteiger partial charge in [-0.2, -0.15) is 0 Å². The number of rotatable bonds is 2. The van der Waals surface area contributed by atoms with Gasteiger partial charge >= 0.3 is 0 Å². The molecule has 2 rings (SSSR count). The number of aromatic amines is 1. The van der Waals surface area contributed by atoms with E-state index in [2.05, 4.69) is 5.10 Å². The summed E-state index contributed by atoms with van der Waals surface area (Å²) in [5, 5.41) is 2.99. The standard InChI is InChI=1S/C13H16N2O2/c1-8-5-6-10(11(7-8)17-4)12-9(2)14-15(3)13(12)16/h5-7,14H,1-4H3. The Balaban J connectivity index is 2.72. The topological polar surface area (TPSA) is 47.0 Å². The number of benzene rings is 1. The molecule has 4 heteroatoms. The number of hydrogen-bond donors (Lipinski definition) is 1. The largest absolute Gasteiger partial charge is 0.496 e. The first-order valence-electron chi connectivity index (χ1n) is 5.45. The van der Waals surface area contributed by atoms with Crippen LogP contribution in [0, 0.1) is 13.8 Å². The van der Waals surface area contributed by atoms with Crippen molar-refractivity contribution in [2.45, 2.75) is 13.8 Å². The van der Waals surface area contributed by atoms with Crippen LogP contribution in [0.25, 0.3) is 11.1 Å². The van der Waals surface area contributed by atoms with Crippen molar-refractivity contribution in [3.05, 3.63) is 39.8 Å². The Hall–Kier alpha value is -1.97. The molecule has 4 nitrogen and oxygen atoms in total. The van der Waals surface area contributed by atoms with Gasteiger partial charge in [0.1, 0.15) is 5.75 Å². The van der Waals surface area contributed by atoms with Crippen molar-refractivity contribution in [2.75, 3.05) is 7.11 Å². The summed E-state index contributed by atoms with van der Waals surface area (Å²) in [6, 6.07) is 5.83. The Morgan fingerprint density at radius 2 is 2.00 bits per heavy atom. The highest BCUT2D eigenvalue weighted by atomic mass is 16.5. The van der Waals surface area contributed by atoms with E-state index < -0.39 is 0 Å². The smallest absolute Gasteiger partial charge is 0.274 e. The summed E-state index contributed by atoms with van der Waals surface area (Å²) in [5.41, 5.74) is 3.42. The lowest BCUT2D eigenvalue weighted by Crippen LogP contribution is -2.13. The number of aromatic nitrogens is 2. The van der Waals surface area contributed by atoms with Crippen LogP contribution in [-0.2, 0) is 7.05 Å². The first-order valence-corrected chi connectivity index (χ1v) is 5.45. The summed E-state index contributed by atoms with van der Waals surface area (Å²) in [6.45, 7) is 3.88. The van der Waals surface area contributed by atoms with E-state index in [1.807, 2.05) is 32.0 Å². The fourth-order valence-electron chi connectivity index (χ4n) is 2.01. The van der Waals surface area contributed by atoms with Gasteiger partial charge in [-0.25, -0.2) is 0 Å². The minimum Gasteiger partial charge on any atom is -0.496 e. The van der Waals surface area contributed by atoms with Gasteiger partial charge in [-0.1, -0.05) is 12.1 Å². The first kappa shape index (κ1) is 11.5. The average molecular weight is 232 g/mol. The molecule has 90 valence electrons. The molecule has 1 heterocycles. The Labute approximate surface area is 99.8 Å². The van der Waals surface area contributed by atoms with E-state index in [0.29, 0.717) is 5.56 Å². The van der Waals surface area contributed by atoms with Crippen LogP contribution < -0.4 is 10.3 Å². The molecule has 2 aromatic rings. The second-order valence-corrected chi connectivity index (χ2v) is 4.18. The average Bonchev–Trinajstić information content (AvgIpc) is 2.54. The van der Waals surface area contributed by atoms with Crippen LogP contribution in [0.15, 0.2) is 23.0 Å². The number of H-pyrrole nitrogens is 1. The molecule has 0 radical (unpaired) electrons. The van der Waals surface area contributed by atoms with E-state index in [4.69, 9.17) is 4.74 Å². The van der Waals surface area contributed by atoms with Gasteiger partial charge in [-0.3, -0.25) is 14.6 Å². The summed E-state index contributed by atoms with van der Waals surface area (Å²) in [7, 11) is 3.32. The van der Waals surface area contributed by atoms with Gasteiger partial charge in [-0.05, 0) is 25.5 Å². The van der Waals surface area contributed by atoms with E-state index in [0.717, 1.165) is 22.6 Å². The van der Waals surface area contributed by atoms with Crippen LogP contribution in [0.5, 0.6) is 5.75 Å². The highest BCUT2D eigenvalue weighted by Gasteiger charge is 2.15. The first-order chi connectivity index (χ1) is 8.04. The van der Waals surface area contributed by atoms with Gasteiger partial charge in [-0.15, -0.1) is 0 Å². The predicted octanol–water partition coefficient (Wildman–Crippen LogP) is 2.01. The molecule has 0 unspecified atom stereocenters. The van der Waals surface area contributed by atoms with Crippen LogP contribution in [0.2, 0.25) is 0 Å². The van der Waals surface area contributed by atoms with Gasteiger partial charge in [0.25, 0.3) is 5.56 Å². The molecule has 1 aromatic carbocycles. The molecule has 0 atom stereocenters. The fourth-order valence-corrected chi connectivity index (χ4v) is 2.01. The van der Waals surface area contributed by atoms with Crippen molar-refractivity contribution >= 4 is 0 Å². The lowest BCUT2D eigenvalue weighted by molar-refractivity contribution is 0.416. The second-order valence-electron chi connectivity index (χ2n) is 4.18. The molecule has 0 aliphatic rings. The zero-order chi connectivity index (χ0) is 12.6. The van der Waals surface area contributed by atoms with Gasteiger partial charge < -0.3 is 4.74 Å². The molecule has 0 bridgehead atoms. The maximum absolute atomic E-state index is 12.0. The van der Waals surface area contributed by atoms with Crippen molar-refractivity contribution < 1.29 is 4.74 Å². The zero-order valence-corrected chi connectivity index (χ0v) is 10.5. The zero-order valence-electron chi connectivity index (χ0n) is 10.5. The van der Waals surface area contributed by atoms with Crippen molar-refractivity contribution in [1.29, 1.82) is 0 Å². The molecule has 0 aliphatic carbocycles. The number of nitrogens with zero attached hydrogens (tertiary/aromatic N) is 1. The summed E-state index contributed by atoms with van der Waals surface area (Å²) in [4.78, 5) is 12.0. The van der Waals surface area contributed by atoms with Gasteiger partial charge in [0.15, 0.2) is 0 Å². The van der Waals surface area contributed by atoms with Crippen LogP contribution in [0.4, 0.5) is 0 Å². The molecule has 0 aliphatic heterocycles. The van der Waals surface area contributed by atoms with Gasteiger partial charge in [0.2, 0.25) is 0 Å². The summed E-state index contributed by atoms with van der Waals surface area (Å²) >= 11 is 0. The summed E-state index contributed by atoms with van der Waals surface area (Å²) in [5.74, 6) is 0.727. The molecule has 0 amide bonds. The lowest BCUT2D eigenvalue weighted by Gasteiger charge is -2.07. The number of ether oxygens (including phenoxy) is 1. The highest BCUT2D eigenvalue weighted by molar-refractivity contribution is 5.72. The van der Waals surface area contributed by atoms with E-state index in [1.54, 1.807) is 14.2 Å². The monoisotopic (exact) mass is 232 g/mol. The summed E-state index contributed by atoms with van der Waals surface area (Å²) in [6.07, 6.45) is 0. The molecular formula is C13H16N2O2. The Morgan fingerprint density at radius 3 is 2.53 bits per heavy atom. The maximum atomic E-state index is 12.0. The van der Waals surface area contributed by atoms with E-state index in [9.17, 15) is 4.79 Å². The van der Waals surface area contributed by atoms with E-state index >= 15 is 0 Å². The molecule has 1 aromatic heterocycles. The number of nitrogens with one attached hydrogen (secondary N) is 1. The van der Waals surface area contributed by atoms with Gasteiger partial charge in [0, 0.05) is 18.3 Å². The summed E-state index contributed by atoms with van der Waals surface area (Å²) < 4.78 is 6.81. The van der Waals surface area contributed by atoms with Crippen LogP contribution in [0.3, 0.4) is 0 Å². The lowest BCUT2D eigenvalue weighted by atomic mass is 10.0. The SMILES string of the molecule is COc1cc(C)ccc1-c1c(C)[nH]n(C)c1=O. The van der Waals surface area contributed by atoms with Crippen molar-refractivity contribution in [1.82, 2.24) is 9.78 Å². The number of aryl methyl sites for hydroxylation is 3. The molecule has 0 saturated heterocycles. The number of hydrogen-bond acceptors (Lipinski definition) is 2. The molecule has 0 saturated carbocycles. The van der Waals surface area contributed by atoms with Crippen LogP contribution in [0.1, 0.15) is 11.3 Å². The van der Waals surface area contributed by atoms with Crippen molar-refractivity contribution in [3.8, 4) is 16.9 Å².